The Bertz CT molecular complexity index is 887. The second kappa shape index (κ2) is 7.51. The fourth-order valence-corrected chi connectivity index (χ4v) is 2.44. The highest BCUT2D eigenvalue weighted by molar-refractivity contribution is 6.33. The lowest BCUT2D eigenvalue weighted by molar-refractivity contribution is -0.289. The summed E-state index contributed by atoms with van der Waals surface area (Å²) >= 11 is 5.78. The molecular weight excluding hydrogens is 411 g/mol. The normalized spacial score (nSPS) is 16.6. The largest absolute Gasteiger partial charge is 0.490 e. The number of epoxide rings is 1. The predicted molar refractivity (Wildman–Crippen MR) is 88.8 cm³/mol. The molecule has 1 aromatic heterocycles. The number of benzene rings is 1. The zero-order chi connectivity index (χ0) is 20.5. The number of aromatic nitrogens is 1. The Morgan fingerprint density at radius 3 is 2.61 bits per heavy atom. The number of ether oxygens (including phenoxy) is 2. The Labute approximate surface area is 160 Å². The molecule has 0 bridgehead atoms. The minimum atomic E-state index is -5.85. The van der Waals surface area contributed by atoms with Gasteiger partial charge in [-0.25, -0.2) is 4.98 Å². The number of alkyl halides is 5. The minimum absolute atomic E-state index is 0.0699. The van der Waals surface area contributed by atoms with E-state index in [4.69, 9.17) is 21.1 Å². The van der Waals surface area contributed by atoms with Gasteiger partial charge in [-0.15, -0.1) is 0 Å². The van der Waals surface area contributed by atoms with Gasteiger partial charge in [0.1, 0.15) is 23.6 Å². The van der Waals surface area contributed by atoms with Crippen molar-refractivity contribution in [2.75, 3.05) is 18.5 Å². The Morgan fingerprint density at radius 1 is 1.29 bits per heavy atom. The summed E-state index contributed by atoms with van der Waals surface area (Å²) in [6.45, 7) is 0.170. The molecule has 2 aromatic rings. The van der Waals surface area contributed by atoms with Crippen LogP contribution in [-0.2, 0) is 10.7 Å². The van der Waals surface area contributed by atoms with Crippen LogP contribution in [0.25, 0.3) is 0 Å². The number of pyridine rings is 1. The second-order valence-corrected chi connectivity index (χ2v) is 6.20. The van der Waals surface area contributed by atoms with Gasteiger partial charge in [0.05, 0.1) is 17.7 Å². The SMILES string of the molecule is O=C(Nc1ccc(OC[C@@H]2CO2)c(C(F)(F)C(F)(F)F)c1)c1cccnc1Cl. The van der Waals surface area contributed by atoms with Crippen molar-refractivity contribution in [3.63, 3.8) is 0 Å². The molecular formula is C17H12ClF5N2O3. The van der Waals surface area contributed by atoms with E-state index in [2.05, 4.69) is 10.3 Å². The van der Waals surface area contributed by atoms with E-state index in [0.717, 1.165) is 12.1 Å². The van der Waals surface area contributed by atoms with Crippen molar-refractivity contribution in [3.05, 3.63) is 52.8 Å². The van der Waals surface area contributed by atoms with Gasteiger partial charge in [-0.05, 0) is 30.3 Å². The molecule has 1 N–H and O–H groups in total. The lowest BCUT2D eigenvalue weighted by Gasteiger charge is -2.23. The Kier molecular flexibility index (Phi) is 5.44. The van der Waals surface area contributed by atoms with E-state index >= 15 is 0 Å². The number of anilines is 1. The van der Waals surface area contributed by atoms with Crippen LogP contribution in [0.15, 0.2) is 36.5 Å². The number of halogens is 6. The van der Waals surface area contributed by atoms with Crippen molar-refractivity contribution in [2.45, 2.75) is 18.2 Å². The van der Waals surface area contributed by atoms with Crippen LogP contribution in [0.3, 0.4) is 0 Å². The Balaban J connectivity index is 1.91. The van der Waals surface area contributed by atoms with E-state index in [9.17, 15) is 26.7 Å². The average molecular weight is 423 g/mol. The highest BCUT2D eigenvalue weighted by atomic mass is 35.5. The molecule has 2 heterocycles. The first-order chi connectivity index (χ1) is 13.1. The van der Waals surface area contributed by atoms with Gasteiger partial charge < -0.3 is 14.8 Å². The Morgan fingerprint density at radius 2 is 2.00 bits per heavy atom. The molecule has 5 nitrogen and oxygen atoms in total. The summed E-state index contributed by atoms with van der Waals surface area (Å²) in [5.41, 5.74) is -1.78. The molecule has 150 valence electrons. The zero-order valence-electron chi connectivity index (χ0n) is 13.9. The van der Waals surface area contributed by atoms with E-state index in [0.29, 0.717) is 12.7 Å². The quantitative estimate of drug-likeness (QED) is 0.425. The minimum Gasteiger partial charge on any atom is -0.490 e. The van der Waals surface area contributed by atoms with Crippen molar-refractivity contribution in [2.24, 2.45) is 0 Å². The fourth-order valence-electron chi connectivity index (χ4n) is 2.23. The van der Waals surface area contributed by atoms with Gasteiger partial charge in [0.15, 0.2) is 0 Å². The number of carbonyl (C=O) groups excluding carboxylic acids is 1. The second-order valence-electron chi connectivity index (χ2n) is 5.85. The topological polar surface area (TPSA) is 63.8 Å². The van der Waals surface area contributed by atoms with Gasteiger partial charge in [0.2, 0.25) is 0 Å². The van der Waals surface area contributed by atoms with E-state index in [1.54, 1.807) is 0 Å². The van der Waals surface area contributed by atoms with E-state index < -0.39 is 29.3 Å². The summed E-state index contributed by atoms with van der Waals surface area (Å²) in [4.78, 5) is 15.9. The molecule has 1 amide bonds. The maximum atomic E-state index is 14.0. The highest BCUT2D eigenvalue weighted by Gasteiger charge is 2.60. The van der Waals surface area contributed by atoms with E-state index in [-0.39, 0.29) is 29.1 Å². The number of carbonyl (C=O) groups is 1. The standard InChI is InChI=1S/C17H12ClF5N2O3/c18-14-11(2-1-5-24-14)15(26)25-9-3-4-13(28-8-10-7-27-10)12(6-9)16(19,20)17(21,22)23/h1-6,10H,7-8H2,(H,25,26)/t10-/m0/s1. The van der Waals surface area contributed by atoms with Crippen molar-refractivity contribution < 1.29 is 36.2 Å². The maximum absolute atomic E-state index is 14.0. The molecule has 11 heteroatoms. The predicted octanol–water partition coefficient (Wildman–Crippen LogP) is 4.42. The van der Waals surface area contributed by atoms with Crippen LogP contribution in [0.2, 0.25) is 5.15 Å². The zero-order valence-corrected chi connectivity index (χ0v) is 14.7. The van der Waals surface area contributed by atoms with Gasteiger partial charge in [-0.1, -0.05) is 11.6 Å². The number of hydrogen-bond donors (Lipinski definition) is 1. The van der Waals surface area contributed by atoms with Crippen LogP contribution in [0.4, 0.5) is 27.6 Å². The number of amides is 1. The molecule has 1 aliphatic heterocycles. The van der Waals surface area contributed by atoms with Gasteiger partial charge in [0.25, 0.3) is 5.91 Å². The third-order valence-electron chi connectivity index (χ3n) is 3.76. The summed E-state index contributed by atoms with van der Waals surface area (Å²) in [5.74, 6) is -6.67. The molecule has 1 saturated heterocycles. The summed E-state index contributed by atoms with van der Waals surface area (Å²) < 4.78 is 76.5. The van der Waals surface area contributed by atoms with Gasteiger partial charge >= 0.3 is 12.1 Å². The smallest absolute Gasteiger partial charge is 0.458 e. The number of nitrogens with zero attached hydrogens (tertiary/aromatic N) is 1. The van der Waals surface area contributed by atoms with E-state index in [1.165, 1.54) is 18.3 Å². The number of rotatable bonds is 6. The molecule has 1 aliphatic rings. The van der Waals surface area contributed by atoms with Crippen molar-refractivity contribution in [1.82, 2.24) is 4.98 Å². The molecule has 0 radical (unpaired) electrons. The molecule has 0 saturated carbocycles. The third kappa shape index (κ3) is 4.33. The summed E-state index contributed by atoms with van der Waals surface area (Å²) in [6.07, 6.45) is -4.87. The van der Waals surface area contributed by atoms with E-state index in [1.807, 2.05) is 0 Å². The maximum Gasteiger partial charge on any atom is 0.458 e. The first-order valence-corrected chi connectivity index (χ1v) is 8.22. The first kappa shape index (κ1) is 20.3. The molecule has 0 aliphatic carbocycles. The van der Waals surface area contributed by atoms with Crippen LogP contribution in [0.1, 0.15) is 15.9 Å². The molecule has 0 unspecified atom stereocenters. The molecule has 1 fully saturated rings. The van der Waals surface area contributed by atoms with Gasteiger partial charge in [-0.2, -0.15) is 22.0 Å². The lowest BCUT2D eigenvalue weighted by atomic mass is 10.1. The number of hydrogen-bond acceptors (Lipinski definition) is 4. The fraction of sp³-hybridized carbons (Fsp3) is 0.294. The van der Waals surface area contributed by atoms with Crippen molar-refractivity contribution in [1.29, 1.82) is 0 Å². The van der Waals surface area contributed by atoms with Gasteiger partial charge in [0, 0.05) is 11.9 Å². The van der Waals surface area contributed by atoms with Crippen LogP contribution in [0, 0.1) is 0 Å². The molecule has 1 aromatic carbocycles. The molecule has 3 rings (SSSR count). The van der Waals surface area contributed by atoms with Crippen LogP contribution in [-0.4, -0.2) is 36.4 Å². The summed E-state index contributed by atoms with van der Waals surface area (Å²) in [5, 5.41) is 2.08. The molecule has 28 heavy (non-hydrogen) atoms. The van der Waals surface area contributed by atoms with Crippen LogP contribution < -0.4 is 10.1 Å². The molecule has 0 spiro atoms. The third-order valence-corrected chi connectivity index (χ3v) is 4.06. The first-order valence-electron chi connectivity index (χ1n) is 7.85. The Hall–Kier alpha value is -2.46. The molecule has 1 atom stereocenters. The lowest BCUT2D eigenvalue weighted by Crippen LogP contribution is -2.34. The van der Waals surface area contributed by atoms with Crippen molar-refractivity contribution >= 4 is 23.2 Å². The average Bonchev–Trinajstić information content (AvgIpc) is 3.44. The van der Waals surface area contributed by atoms with Crippen LogP contribution >= 0.6 is 11.6 Å². The van der Waals surface area contributed by atoms with Gasteiger partial charge in [-0.3, -0.25) is 4.79 Å². The highest BCUT2D eigenvalue weighted by Crippen LogP contribution is 2.48. The summed E-state index contributed by atoms with van der Waals surface area (Å²) in [7, 11) is 0. The van der Waals surface area contributed by atoms with Crippen LogP contribution in [0.5, 0.6) is 5.75 Å². The monoisotopic (exact) mass is 422 g/mol. The summed E-state index contributed by atoms with van der Waals surface area (Å²) in [6, 6.07) is 5.32. The number of nitrogens with one attached hydrogen (secondary N) is 1. The van der Waals surface area contributed by atoms with Crippen molar-refractivity contribution in [3.8, 4) is 5.75 Å².